The molecule has 4 heteroatoms. The number of hydrogen-bond donors (Lipinski definition) is 0. The summed E-state index contributed by atoms with van der Waals surface area (Å²) >= 11 is 0. The molecule has 3 aromatic heterocycles. The largest absolute Gasteiger partial charge is 0.452 e. The van der Waals surface area contributed by atoms with Gasteiger partial charge in [-0.1, -0.05) is 60.7 Å². The summed E-state index contributed by atoms with van der Waals surface area (Å²) in [6, 6.07) is 38.5. The lowest BCUT2D eigenvalue weighted by molar-refractivity contribution is 0.481. The monoisotopic (exact) mass is 473 g/mol. The topological polar surface area (TPSA) is 32.0 Å². The van der Waals surface area contributed by atoms with Gasteiger partial charge in [0.15, 0.2) is 11.5 Å². The SMILES string of the molecule is c1ccc(-n2c3cccc4c5cc6ccccc6c6c5n(c5cccc2c5c43)-c2ccccc2O6)nc1. The van der Waals surface area contributed by atoms with Crippen molar-refractivity contribution in [3.8, 4) is 23.0 Å². The molecule has 0 saturated heterocycles. The summed E-state index contributed by atoms with van der Waals surface area (Å²) < 4.78 is 11.4. The van der Waals surface area contributed by atoms with Crippen LogP contribution in [0.4, 0.5) is 0 Å². The van der Waals surface area contributed by atoms with Gasteiger partial charge in [0.05, 0.1) is 27.8 Å². The lowest BCUT2D eigenvalue weighted by atomic mass is 10.0. The number of fused-ring (bicyclic) bond motifs is 6. The number of nitrogens with zero attached hydrogens (tertiary/aromatic N) is 3. The maximum absolute atomic E-state index is 6.70. The van der Waals surface area contributed by atoms with E-state index in [0.29, 0.717) is 0 Å². The second-order valence-electron chi connectivity index (χ2n) is 9.62. The van der Waals surface area contributed by atoms with Gasteiger partial charge in [0.1, 0.15) is 5.82 Å². The summed E-state index contributed by atoms with van der Waals surface area (Å²) in [5.41, 5.74) is 5.58. The Balaban J connectivity index is 1.66. The molecule has 0 unspecified atom stereocenters. The van der Waals surface area contributed by atoms with E-state index in [9.17, 15) is 0 Å². The predicted molar refractivity (Wildman–Crippen MR) is 150 cm³/mol. The van der Waals surface area contributed by atoms with Crippen molar-refractivity contribution in [1.29, 1.82) is 0 Å². The lowest BCUT2D eigenvalue weighted by Crippen LogP contribution is -2.06. The van der Waals surface area contributed by atoms with Crippen molar-refractivity contribution in [3.05, 3.63) is 115 Å². The molecular formula is C33H19N3O. The zero-order chi connectivity index (χ0) is 24.1. The van der Waals surface area contributed by atoms with Crippen LogP contribution in [0.25, 0.3) is 65.9 Å². The minimum atomic E-state index is 0.862. The van der Waals surface area contributed by atoms with Gasteiger partial charge in [-0.25, -0.2) is 4.98 Å². The van der Waals surface area contributed by atoms with Crippen LogP contribution in [-0.4, -0.2) is 14.1 Å². The summed E-state index contributed by atoms with van der Waals surface area (Å²) in [5.74, 6) is 2.68. The number of hydrogen-bond acceptors (Lipinski definition) is 2. The van der Waals surface area contributed by atoms with Gasteiger partial charge in [-0.05, 0) is 59.3 Å². The van der Waals surface area contributed by atoms with Crippen LogP contribution in [0.1, 0.15) is 0 Å². The molecule has 0 fully saturated rings. The number of rotatable bonds is 1. The minimum Gasteiger partial charge on any atom is -0.452 e. The van der Waals surface area contributed by atoms with E-state index in [1.54, 1.807) is 0 Å². The first-order valence-electron chi connectivity index (χ1n) is 12.5. The fourth-order valence-corrected chi connectivity index (χ4v) is 6.28. The molecule has 37 heavy (non-hydrogen) atoms. The molecule has 0 saturated carbocycles. The average molecular weight is 474 g/mol. The van der Waals surface area contributed by atoms with Crippen molar-refractivity contribution in [3.63, 3.8) is 0 Å². The van der Waals surface area contributed by atoms with Gasteiger partial charge >= 0.3 is 0 Å². The molecule has 0 bridgehead atoms. The fourth-order valence-electron chi connectivity index (χ4n) is 6.28. The highest BCUT2D eigenvalue weighted by atomic mass is 16.5. The van der Waals surface area contributed by atoms with Crippen LogP contribution < -0.4 is 4.74 Å². The lowest BCUT2D eigenvalue weighted by Gasteiger charge is -2.24. The van der Waals surface area contributed by atoms with Crippen LogP contribution in [0, 0.1) is 0 Å². The van der Waals surface area contributed by atoms with Crippen LogP contribution >= 0.6 is 0 Å². The Morgan fingerprint density at radius 1 is 0.568 bits per heavy atom. The Bertz CT molecular complexity index is 2220. The van der Waals surface area contributed by atoms with Crippen molar-refractivity contribution in [2.75, 3.05) is 0 Å². The molecule has 4 nitrogen and oxygen atoms in total. The summed E-state index contributed by atoms with van der Waals surface area (Å²) in [5, 5.41) is 7.12. The molecule has 0 spiro atoms. The van der Waals surface area contributed by atoms with Gasteiger partial charge in [-0.2, -0.15) is 0 Å². The number of pyridine rings is 1. The first-order valence-corrected chi connectivity index (χ1v) is 12.5. The van der Waals surface area contributed by atoms with E-state index in [1.807, 2.05) is 24.4 Å². The Kier molecular flexibility index (Phi) is 3.50. The summed E-state index contributed by atoms with van der Waals surface area (Å²) in [6.07, 6.45) is 1.86. The number of benzene rings is 5. The molecule has 172 valence electrons. The smallest absolute Gasteiger partial charge is 0.159 e. The summed E-state index contributed by atoms with van der Waals surface area (Å²) in [4.78, 5) is 4.74. The van der Waals surface area contributed by atoms with Crippen molar-refractivity contribution >= 4 is 54.4 Å². The van der Waals surface area contributed by atoms with Crippen LogP contribution in [0.5, 0.6) is 11.5 Å². The van der Waals surface area contributed by atoms with Gasteiger partial charge in [0.2, 0.25) is 0 Å². The molecule has 0 aliphatic carbocycles. The van der Waals surface area contributed by atoms with Gasteiger partial charge in [-0.15, -0.1) is 0 Å². The first kappa shape index (κ1) is 19.1. The Morgan fingerprint density at radius 3 is 2.19 bits per heavy atom. The van der Waals surface area contributed by atoms with Crippen molar-refractivity contribution < 1.29 is 4.74 Å². The van der Waals surface area contributed by atoms with E-state index in [0.717, 1.165) is 50.5 Å². The maximum atomic E-state index is 6.70. The van der Waals surface area contributed by atoms with Crippen molar-refractivity contribution in [2.45, 2.75) is 0 Å². The highest BCUT2D eigenvalue weighted by Gasteiger charge is 2.26. The highest BCUT2D eigenvalue weighted by Crippen LogP contribution is 2.49. The molecule has 9 rings (SSSR count). The third kappa shape index (κ3) is 2.35. The zero-order valence-electron chi connectivity index (χ0n) is 19.7. The second-order valence-corrected chi connectivity index (χ2v) is 9.62. The van der Waals surface area contributed by atoms with E-state index < -0.39 is 0 Å². The minimum absolute atomic E-state index is 0.862. The zero-order valence-corrected chi connectivity index (χ0v) is 19.7. The van der Waals surface area contributed by atoms with E-state index in [4.69, 9.17) is 9.72 Å². The van der Waals surface area contributed by atoms with E-state index in [1.165, 1.54) is 26.9 Å². The highest BCUT2D eigenvalue weighted by molar-refractivity contribution is 6.29. The molecule has 0 N–H and O–H groups in total. The van der Waals surface area contributed by atoms with Crippen LogP contribution in [0.3, 0.4) is 0 Å². The Labute approximate surface area is 211 Å². The molecule has 1 aliphatic rings. The third-order valence-electron chi connectivity index (χ3n) is 7.72. The number of ether oxygens (including phenoxy) is 1. The molecule has 4 heterocycles. The number of aromatic nitrogens is 3. The average Bonchev–Trinajstić information content (AvgIpc) is 3.24. The molecule has 0 amide bonds. The molecule has 8 aromatic rings. The quantitative estimate of drug-likeness (QED) is 0.239. The number of para-hydroxylation sites is 2. The summed E-state index contributed by atoms with van der Waals surface area (Å²) in [6.45, 7) is 0. The van der Waals surface area contributed by atoms with Crippen LogP contribution in [-0.2, 0) is 0 Å². The standard InChI is InChI=1S/C33H19N3O/c1-2-10-21-20(9-1)19-23-22-11-7-13-25-30(22)31-26(35(25)29-17-5-6-18-34-29)14-8-15-27(31)36-24-12-3-4-16-28(24)37-33(21)32(23)36/h1-19H. The van der Waals surface area contributed by atoms with Gasteiger partial charge < -0.3 is 9.30 Å². The van der Waals surface area contributed by atoms with Crippen molar-refractivity contribution in [1.82, 2.24) is 14.1 Å². The second kappa shape index (κ2) is 6.77. The molecule has 0 radical (unpaired) electrons. The predicted octanol–water partition coefficient (Wildman–Crippen LogP) is 8.53. The fraction of sp³-hybridized carbons (Fsp3) is 0. The van der Waals surface area contributed by atoms with E-state index in [-0.39, 0.29) is 0 Å². The Morgan fingerprint density at radius 2 is 1.30 bits per heavy atom. The van der Waals surface area contributed by atoms with E-state index in [2.05, 4.69) is 100 Å². The molecular weight excluding hydrogens is 454 g/mol. The van der Waals surface area contributed by atoms with Crippen LogP contribution in [0.15, 0.2) is 115 Å². The summed E-state index contributed by atoms with van der Waals surface area (Å²) in [7, 11) is 0. The molecule has 5 aromatic carbocycles. The normalized spacial score (nSPS) is 12.5. The van der Waals surface area contributed by atoms with E-state index >= 15 is 0 Å². The van der Waals surface area contributed by atoms with Gasteiger partial charge in [-0.3, -0.25) is 4.57 Å². The van der Waals surface area contributed by atoms with Gasteiger partial charge in [0.25, 0.3) is 0 Å². The van der Waals surface area contributed by atoms with Crippen LogP contribution in [0.2, 0.25) is 0 Å². The molecule has 1 aliphatic heterocycles. The Hall–Kier alpha value is -5.09. The third-order valence-corrected chi connectivity index (χ3v) is 7.72. The maximum Gasteiger partial charge on any atom is 0.159 e. The first-order chi connectivity index (χ1) is 18.4. The van der Waals surface area contributed by atoms with Crippen molar-refractivity contribution in [2.24, 2.45) is 0 Å². The molecule has 0 atom stereocenters. The van der Waals surface area contributed by atoms with Gasteiger partial charge in [0, 0.05) is 27.7 Å².